The topological polar surface area (TPSA) is 24.7 Å². The summed E-state index contributed by atoms with van der Waals surface area (Å²) in [6, 6.07) is 9.43. The summed E-state index contributed by atoms with van der Waals surface area (Å²) in [4.78, 5) is 8.06. The molecule has 2 rings (SSSR count). The summed E-state index contributed by atoms with van der Waals surface area (Å²) in [6.45, 7) is 13.2. The number of allylic oxidation sites excluding steroid dienone is 9. The lowest BCUT2D eigenvalue weighted by atomic mass is 9.94. The molecule has 0 fully saturated rings. The van der Waals surface area contributed by atoms with Gasteiger partial charge in [-0.15, -0.1) is 0 Å². The van der Waals surface area contributed by atoms with Gasteiger partial charge in [0, 0.05) is 30.1 Å². The first-order valence-corrected chi connectivity index (χ1v) is 11.1. The molecular weight excluding hydrogens is 414 g/mol. The summed E-state index contributed by atoms with van der Waals surface area (Å²) in [5.74, 6) is 0. The maximum absolute atomic E-state index is 13.4. The lowest BCUT2D eigenvalue weighted by molar-refractivity contribution is 0.00796. The van der Waals surface area contributed by atoms with Gasteiger partial charge in [-0.1, -0.05) is 74.2 Å². The van der Waals surface area contributed by atoms with E-state index < -0.39 is 6.05 Å². The molecule has 0 spiro atoms. The van der Waals surface area contributed by atoms with Crippen molar-refractivity contribution < 1.29 is 8.78 Å². The Bertz CT molecular complexity index is 1180. The highest BCUT2D eigenvalue weighted by molar-refractivity contribution is 5.98. The van der Waals surface area contributed by atoms with Gasteiger partial charge in [0.15, 0.2) is 0 Å². The first-order chi connectivity index (χ1) is 15.8. The molecule has 172 valence electrons. The maximum atomic E-state index is 13.4. The number of hydrogen-bond donors (Lipinski definition) is 0. The highest BCUT2D eigenvalue weighted by Gasteiger charge is 2.22. The van der Waals surface area contributed by atoms with Crippen molar-refractivity contribution in [3.05, 3.63) is 101 Å². The van der Waals surface area contributed by atoms with E-state index in [1.54, 1.807) is 12.3 Å². The van der Waals surface area contributed by atoms with E-state index in [0.29, 0.717) is 0 Å². The number of rotatable bonds is 9. The van der Waals surface area contributed by atoms with E-state index in [-0.39, 0.29) is 6.42 Å². The van der Waals surface area contributed by atoms with Gasteiger partial charge < -0.3 is 0 Å². The molecule has 0 aliphatic carbocycles. The molecule has 0 saturated heterocycles. The fourth-order valence-corrected chi connectivity index (χ4v) is 3.43. The van der Waals surface area contributed by atoms with Crippen LogP contribution in [-0.2, 0) is 0 Å². The van der Waals surface area contributed by atoms with Crippen LogP contribution in [0.4, 0.5) is 8.78 Å². The van der Waals surface area contributed by atoms with Crippen LogP contribution in [0.25, 0.3) is 16.3 Å². The Labute approximate surface area is 196 Å². The van der Waals surface area contributed by atoms with Crippen molar-refractivity contribution in [3.63, 3.8) is 0 Å². The monoisotopic (exact) mass is 446 g/mol. The molecule has 2 aromatic carbocycles. The fourth-order valence-electron chi connectivity index (χ4n) is 3.43. The number of halogens is 2. The molecule has 0 radical (unpaired) electrons. The van der Waals surface area contributed by atoms with Crippen molar-refractivity contribution in [2.75, 3.05) is 0 Å². The highest BCUT2D eigenvalue weighted by atomic mass is 19.3. The standard InChI is InChI=1S/C29H32F2N2/c1-7-13-24(18-19-33-29(30,31)10-4)23(8-2)20-32-22(6)25(9-3)28-17-16-21(5)26-14-11-12-15-27(26)28/h7-9,11-20H,3,10H2,1-2,4-6H3/b13-7-,23-8+,24-18+,25-22-,32-20-,33-19-. The summed E-state index contributed by atoms with van der Waals surface area (Å²) in [5.41, 5.74) is 5.58. The molecule has 0 amide bonds. The molecule has 0 bridgehead atoms. The van der Waals surface area contributed by atoms with Crippen LogP contribution in [0.5, 0.6) is 0 Å². The zero-order valence-electron chi connectivity index (χ0n) is 20.1. The molecule has 0 aromatic heterocycles. The molecular formula is C29H32F2N2. The summed E-state index contributed by atoms with van der Waals surface area (Å²) in [7, 11) is 0. The predicted octanol–water partition coefficient (Wildman–Crippen LogP) is 8.66. The van der Waals surface area contributed by atoms with E-state index in [2.05, 4.69) is 42.8 Å². The van der Waals surface area contributed by atoms with Crippen LogP contribution in [-0.4, -0.2) is 18.5 Å². The quantitative estimate of drug-likeness (QED) is 0.209. The van der Waals surface area contributed by atoms with E-state index in [1.807, 2.05) is 57.2 Å². The van der Waals surface area contributed by atoms with Gasteiger partial charge in [0.1, 0.15) is 0 Å². The van der Waals surface area contributed by atoms with E-state index in [4.69, 9.17) is 4.99 Å². The lowest BCUT2D eigenvalue weighted by Gasteiger charge is -2.12. The SMILES string of the molecule is C=C\C(=C(C)\N=C/C(=C\C)C(/C=C\C)=C/C=N\C(F)(F)CC)c1ccc(C)c2ccccc12. The third kappa shape index (κ3) is 6.79. The Morgan fingerprint density at radius 2 is 1.76 bits per heavy atom. The zero-order valence-corrected chi connectivity index (χ0v) is 20.1. The predicted molar refractivity (Wildman–Crippen MR) is 140 cm³/mol. The zero-order chi connectivity index (χ0) is 24.4. The molecule has 0 heterocycles. The van der Waals surface area contributed by atoms with Crippen LogP contribution >= 0.6 is 0 Å². The minimum atomic E-state index is -3.06. The average molecular weight is 447 g/mol. The number of aliphatic imine (C=N–C) groups is 2. The Kier molecular flexibility index (Phi) is 9.41. The van der Waals surface area contributed by atoms with Crippen LogP contribution in [0.1, 0.15) is 45.2 Å². The molecule has 0 atom stereocenters. The summed E-state index contributed by atoms with van der Waals surface area (Å²) in [5, 5.41) is 2.34. The second kappa shape index (κ2) is 12.0. The van der Waals surface area contributed by atoms with E-state index >= 15 is 0 Å². The normalized spacial score (nSPS) is 14.6. The van der Waals surface area contributed by atoms with Gasteiger partial charge in [-0.25, -0.2) is 4.99 Å². The second-order valence-electron chi connectivity index (χ2n) is 7.60. The van der Waals surface area contributed by atoms with Crippen molar-refractivity contribution in [1.29, 1.82) is 0 Å². The third-order valence-corrected chi connectivity index (χ3v) is 5.36. The summed E-state index contributed by atoms with van der Waals surface area (Å²) < 4.78 is 26.9. The highest BCUT2D eigenvalue weighted by Crippen LogP contribution is 2.30. The minimum absolute atomic E-state index is 0.337. The largest absolute Gasteiger partial charge is 0.341 e. The van der Waals surface area contributed by atoms with Crippen LogP contribution < -0.4 is 0 Å². The van der Waals surface area contributed by atoms with Crippen LogP contribution in [0.15, 0.2) is 100 Å². The minimum Gasteiger partial charge on any atom is -0.260 e. The molecule has 0 saturated carbocycles. The average Bonchev–Trinajstić information content (AvgIpc) is 2.81. The van der Waals surface area contributed by atoms with E-state index in [0.717, 1.165) is 39.6 Å². The lowest BCUT2D eigenvalue weighted by Crippen LogP contribution is -2.09. The summed E-state index contributed by atoms with van der Waals surface area (Å²) in [6.07, 6.45) is 11.6. The third-order valence-electron chi connectivity index (χ3n) is 5.36. The van der Waals surface area contributed by atoms with Gasteiger partial charge in [0.25, 0.3) is 0 Å². The Morgan fingerprint density at radius 1 is 1.06 bits per heavy atom. The Morgan fingerprint density at radius 3 is 2.36 bits per heavy atom. The molecule has 33 heavy (non-hydrogen) atoms. The molecule has 2 aromatic rings. The molecule has 2 nitrogen and oxygen atoms in total. The summed E-state index contributed by atoms with van der Waals surface area (Å²) >= 11 is 0. The molecule has 0 aliphatic rings. The maximum Gasteiger partial charge on any atom is 0.341 e. The van der Waals surface area contributed by atoms with Crippen LogP contribution in [0.3, 0.4) is 0 Å². The Balaban J connectivity index is 2.47. The van der Waals surface area contributed by atoms with Gasteiger partial charge >= 0.3 is 6.05 Å². The number of aryl methyl sites for hydroxylation is 1. The van der Waals surface area contributed by atoms with E-state index in [1.165, 1.54) is 17.9 Å². The van der Waals surface area contributed by atoms with Crippen molar-refractivity contribution >= 4 is 28.8 Å². The van der Waals surface area contributed by atoms with Crippen molar-refractivity contribution in [3.8, 4) is 0 Å². The van der Waals surface area contributed by atoms with E-state index in [9.17, 15) is 8.78 Å². The molecule has 4 heteroatoms. The number of hydrogen-bond acceptors (Lipinski definition) is 2. The fraction of sp³-hybridized carbons (Fsp3) is 0.241. The van der Waals surface area contributed by atoms with Crippen molar-refractivity contribution in [2.45, 2.75) is 47.1 Å². The van der Waals surface area contributed by atoms with Gasteiger partial charge in [0.05, 0.1) is 0 Å². The first-order valence-electron chi connectivity index (χ1n) is 11.1. The van der Waals surface area contributed by atoms with Gasteiger partial charge in [-0.3, -0.25) is 4.99 Å². The first kappa shape index (κ1) is 25.9. The number of benzene rings is 2. The molecule has 0 N–H and O–H groups in total. The van der Waals surface area contributed by atoms with Gasteiger partial charge in [-0.2, -0.15) is 8.78 Å². The molecule has 0 aliphatic heterocycles. The number of alkyl halides is 2. The van der Waals surface area contributed by atoms with Crippen LogP contribution in [0, 0.1) is 6.92 Å². The second-order valence-corrected chi connectivity index (χ2v) is 7.60. The number of nitrogens with zero attached hydrogens (tertiary/aromatic N) is 2. The van der Waals surface area contributed by atoms with Crippen molar-refractivity contribution in [1.82, 2.24) is 0 Å². The smallest absolute Gasteiger partial charge is 0.260 e. The van der Waals surface area contributed by atoms with Gasteiger partial charge in [0.2, 0.25) is 0 Å². The Hall–Kier alpha value is -3.40. The van der Waals surface area contributed by atoms with Gasteiger partial charge in [-0.05, 0) is 66.8 Å². The molecule has 0 unspecified atom stereocenters. The van der Waals surface area contributed by atoms with Crippen LogP contribution in [0.2, 0.25) is 0 Å². The number of fused-ring (bicyclic) bond motifs is 1. The van der Waals surface area contributed by atoms with Crippen molar-refractivity contribution in [2.24, 2.45) is 9.98 Å².